The highest BCUT2D eigenvalue weighted by molar-refractivity contribution is 5.91. The van der Waals surface area contributed by atoms with Crippen LogP contribution in [-0.2, 0) is 22.4 Å². The Kier molecular flexibility index (Phi) is 4.75. The van der Waals surface area contributed by atoms with Crippen LogP contribution in [0.5, 0.6) is 11.5 Å². The fourth-order valence-corrected chi connectivity index (χ4v) is 5.40. The Balaban J connectivity index is 1.77. The molecule has 164 valence electrons. The number of ether oxygens (including phenoxy) is 2. The first-order valence-electron chi connectivity index (χ1n) is 10.9. The molecule has 32 heavy (non-hydrogen) atoms. The molecule has 0 aliphatic carbocycles. The molecular formula is C27H27NO4. The molecule has 0 aromatic heterocycles. The molecule has 0 bridgehead atoms. The number of methoxy groups -OCH3 is 2. The lowest BCUT2D eigenvalue weighted by Gasteiger charge is -2.44. The van der Waals surface area contributed by atoms with Crippen molar-refractivity contribution in [2.24, 2.45) is 0 Å². The van der Waals surface area contributed by atoms with Gasteiger partial charge in [-0.1, -0.05) is 60.2 Å². The van der Waals surface area contributed by atoms with Crippen molar-refractivity contribution in [3.63, 3.8) is 0 Å². The van der Waals surface area contributed by atoms with Gasteiger partial charge in [-0.25, -0.2) is 0 Å². The van der Waals surface area contributed by atoms with Crippen LogP contribution in [0.3, 0.4) is 0 Å². The molecule has 5 rings (SSSR count). The van der Waals surface area contributed by atoms with Crippen molar-refractivity contribution in [3.8, 4) is 11.5 Å². The fourth-order valence-electron chi connectivity index (χ4n) is 5.40. The number of hydrogen-bond donors (Lipinski definition) is 1. The van der Waals surface area contributed by atoms with E-state index in [1.807, 2.05) is 78.6 Å². The van der Waals surface area contributed by atoms with Gasteiger partial charge in [0.2, 0.25) is 0 Å². The minimum Gasteiger partial charge on any atom is -0.493 e. The van der Waals surface area contributed by atoms with E-state index in [9.17, 15) is 9.90 Å². The summed E-state index contributed by atoms with van der Waals surface area (Å²) in [7, 11) is 3.24. The third-order valence-electron chi connectivity index (χ3n) is 7.01. The van der Waals surface area contributed by atoms with Gasteiger partial charge in [-0.2, -0.15) is 0 Å². The smallest absolute Gasteiger partial charge is 0.260 e. The quantitative estimate of drug-likeness (QED) is 0.683. The predicted molar refractivity (Wildman–Crippen MR) is 122 cm³/mol. The summed E-state index contributed by atoms with van der Waals surface area (Å²) in [6, 6.07) is 21.6. The molecule has 3 aromatic carbocycles. The number of hydrogen-bond acceptors (Lipinski definition) is 4. The lowest BCUT2D eigenvalue weighted by molar-refractivity contribution is -0.145. The molecule has 0 radical (unpaired) electrons. The van der Waals surface area contributed by atoms with Gasteiger partial charge in [-0.05, 0) is 47.7 Å². The van der Waals surface area contributed by atoms with Crippen molar-refractivity contribution in [2.45, 2.75) is 30.9 Å². The molecule has 0 unspecified atom stereocenters. The van der Waals surface area contributed by atoms with Crippen LogP contribution in [0.4, 0.5) is 0 Å². The maximum atomic E-state index is 13.8. The van der Waals surface area contributed by atoms with E-state index in [-0.39, 0.29) is 12.3 Å². The zero-order valence-electron chi connectivity index (χ0n) is 18.6. The van der Waals surface area contributed by atoms with Gasteiger partial charge in [0.1, 0.15) is 0 Å². The molecule has 3 aromatic rings. The van der Waals surface area contributed by atoms with Crippen molar-refractivity contribution in [2.75, 3.05) is 20.8 Å². The number of carbonyl (C=O) groups is 1. The van der Waals surface area contributed by atoms with Crippen LogP contribution in [0.1, 0.15) is 34.2 Å². The molecule has 0 spiro atoms. The van der Waals surface area contributed by atoms with Crippen molar-refractivity contribution >= 4 is 5.91 Å². The largest absolute Gasteiger partial charge is 0.493 e. The Labute approximate surface area is 188 Å². The van der Waals surface area contributed by atoms with Crippen LogP contribution >= 0.6 is 0 Å². The minimum atomic E-state index is -1.61. The zero-order chi connectivity index (χ0) is 22.5. The maximum absolute atomic E-state index is 13.8. The van der Waals surface area contributed by atoms with Crippen molar-refractivity contribution < 1.29 is 19.4 Å². The van der Waals surface area contributed by atoms with E-state index in [4.69, 9.17) is 9.47 Å². The molecule has 2 aliphatic heterocycles. The van der Waals surface area contributed by atoms with Crippen LogP contribution in [0.15, 0.2) is 66.7 Å². The van der Waals surface area contributed by atoms with Gasteiger partial charge < -0.3 is 19.5 Å². The fraction of sp³-hybridized carbons (Fsp3) is 0.296. The highest BCUT2D eigenvalue weighted by Gasteiger charge is 2.62. The molecule has 1 saturated heterocycles. The van der Waals surface area contributed by atoms with Gasteiger partial charge in [-0.15, -0.1) is 0 Å². The Morgan fingerprint density at radius 1 is 0.906 bits per heavy atom. The molecule has 1 fully saturated rings. The Bertz CT molecular complexity index is 1170. The van der Waals surface area contributed by atoms with E-state index in [2.05, 4.69) is 0 Å². The number of benzene rings is 3. The molecular weight excluding hydrogens is 402 g/mol. The second-order valence-electron chi connectivity index (χ2n) is 8.70. The maximum Gasteiger partial charge on any atom is 0.260 e. The summed E-state index contributed by atoms with van der Waals surface area (Å²) in [5.41, 5.74) is 2.35. The number of rotatable bonds is 4. The molecule has 0 saturated carbocycles. The van der Waals surface area contributed by atoms with E-state index in [1.54, 1.807) is 14.2 Å². The minimum absolute atomic E-state index is 0.231. The third-order valence-corrected chi connectivity index (χ3v) is 7.01. The lowest BCUT2D eigenvalue weighted by atomic mass is 9.72. The second-order valence-corrected chi connectivity index (χ2v) is 8.70. The highest BCUT2D eigenvalue weighted by atomic mass is 16.5. The van der Waals surface area contributed by atoms with E-state index >= 15 is 0 Å². The summed E-state index contributed by atoms with van der Waals surface area (Å²) in [4.78, 5) is 15.7. The Morgan fingerprint density at radius 2 is 1.56 bits per heavy atom. The molecule has 2 atom stereocenters. The molecule has 2 aliphatic rings. The Hall–Kier alpha value is -3.31. The van der Waals surface area contributed by atoms with E-state index < -0.39 is 11.1 Å². The first-order valence-corrected chi connectivity index (χ1v) is 10.9. The summed E-state index contributed by atoms with van der Waals surface area (Å²) in [5.74, 6) is 1.02. The number of aliphatic hydroxyl groups is 1. The standard InChI is InChI=1S/C27H27NO4/c1-18-9-11-21(12-10-18)27(30)17-26(20-7-5-4-6-8-20)22-16-24(32-3)23(31-2)15-19(22)13-14-28(26)25(27)29/h4-12,15-16,30H,13-14,17H2,1-3H3/t26-,27-/m1/s1. The van der Waals surface area contributed by atoms with E-state index in [0.29, 0.717) is 30.0 Å². The lowest BCUT2D eigenvalue weighted by Crippen LogP contribution is -2.49. The Morgan fingerprint density at radius 3 is 2.22 bits per heavy atom. The first kappa shape index (κ1) is 20.6. The normalized spacial score (nSPS) is 24.1. The van der Waals surface area contributed by atoms with Crippen molar-refractivity contribution in [1.82, 2.24) is 4.90 Å². The predicted octanol–water partition coefficient (Wildman–Crippen LogP) is 3.93. The third kappa shape index (κ3) is 2.77. The molecule has 5 nitrogen and oxygen atoms in total. The van der Waals surface area contributed by atoms with Crippen LogP contribution in [-0.4, -0.2) is 36.7 Å². The van der Waals surface area contributed by atoms with Crippen LogP contribution in [0, 0.1) is 6.92 Å². The van der Waals surface area contributed by atoms with Gasteiger partial charge in [0.05, 0.1) is 19.8 Å². The summed E-state index contributed by atoms with van der Waals surface area (Å²) >= 11 is 0. The van der Waals surface area contributed by atoms with Gasteiger partial charge in [0, 0.05) is 13.0 Å². The summed E-state index contributed by atoms with van der Waals surface area (Å²) in [5, 5.41) is 11.9. The van der Waals surface area contributed by atoms with Gasteiger partial charge in [0.15, 0.2) is 17.1 Å². The first-order chi connectivity index (χ1) is 15.4. The number of fused-ring (bicyclic) bond motifs is 3. The number of aryl methyl sites for hydroxylation is 1. The van der Waals surface area contributed by atoms with E-state index in [1.165, 1.54) is 0 Å². The average Bonchev–Trinajstić information content (AvgIpc) is 3.07. The SMILES string of the molecule is COc1cc2c(cc1OC)[C@]1(c3ccccc3)C[C@@](O)(c3ccc(C)cc3)C(=O)N1CC2. The van der Waals surface area contributed by atoms with Crippen LogP contribution < -0.4 is 9.47 Å². The number of carbonyl (C=O) groups excluding carboxylic acids is 1. The van der Waals surface area contributed by atoms with Crippen LogP contribution in [0.25, 0.3) is 0 Å². The molecule has 1 amide bonds. The second kappa shape index (κ2) is 7.38. The van der Waals surface area contributed by atoms with Gasteiger partial charge in [-0.3, -0.25) is 4.79 Å². The molecule has 1 N–H and O–H groups in total. The number of nitrogens with zero attached hydrogens (tertiary/aromatic N) is 1. The zero-order valence-corrected chi connectivity index (χ0v) is 18.6. The van der Waals surface area contributed by atoms with Crippen molar-refractivity contribution in [3.05, 3.63) is 94.5 Å². The van der Waals surface area contributed by atoms with Gasteiger partial charge >= 0.3 is 0 Å². The molecule has 5 heteroatoms. The highest BCUT2D eigenvalue weighted by Crippen LogP contribution is 2.56. The van der Waals surface area contributed by atoms with Gasteiger partial charge in [0.25, 0.3) is 5.91 Å². The van der Waals surface area contributed by atoms with Crippen molar-refractivity contribution in [1.29, 1.82) is 0 Å². The monoisotopic (exact) mass is 429 g/mol. The summed E-state index contributed by atoms with van der Waals surface area (Å²) < 4.78 is 11.2. The number of amides is 1. The topological polar surface area (TPSA) is 59.0 Å². The summed E-state index contributed by atoms with van der Waals surface area (Å²) in [6.45, 7) is 2.51. The van der Waals surface area contributed by atoms with Crippen LogP contribution in [0.2, 0.25) is 0 Å². The summed E-state index contributed by atoms with van der Waals surface area (Å²) in [6.07, 6.45) is 0.911. The average molecular weight is 430 g/mol. The van der Waals surface area contributed by atoms with E-state index in [0.717, 1.165) is 22.3 Å². The molecule has 2 heterocycles.